The van der Waals surface area contributed by atoms with Crippen molar-refractivity contribution in [3.63, 3.8) is 0 Å². The molecule has 0 saturated carbocycles. The second-order valence-electron chi connectivity index (χ2n) is 3.76. The molecule has 0 unspecified atom stereocenters. The molecule has 0 saturated heterocycles. The number of rotatable bonds is 6. The minimum absolute atomic E-state index is 0.926. The lowest BCUT2D eigenvalue weighted by Gasteiger charge is -2.18. The third-order valence-electron chi connectivity index (χ3n) is 2.48. The SMILES string of the molecule is CCCCCN(C)c1cccc(NC)n1. The van der Waals surface area contributed by atoms with E-state index in [1.54, 1.807) is 0 Å². The molecule has 0 amide bonds. The van der Waals surface area contributed by atoms with E-state index in [-0.39, 0.29) is 0 Å². The van der Waals surface area contributed by atoms with E-state index in [2.05, 4.69) is 29.2 Å². The standard InChI is InChI=1S/C12H21N3/c1-4-5-6-10-15(3)12-9-7-8-11(13-2)14-12/h7-9H,4-6,10H2,1-3H3,(H,13,14). The summed E-state index contributed by atoms with van der Waals surface area (Å²) in [5.74, 6) is 1.97. The molecule has 0 aliphatic heterocycles. The number of nitrogens with one attached hydrogen (secondary N) is 1. The molecule has 3 heteroatoms. The van der Waals surface area contributed by atoms with E-state index in [1.165, 1.54) is 19.3 Å². The van der Waals surface area contributed by atoms with Gasteiger partial charge in [-0.15, -0.1) is 0 Å². The molecule has 0 fully saturated rings. The molecule has 0 radical (unpaired) electrons. The minimum Gasteiger partial charge on any atom is -0.373 e. The average molecular weight is 207 g/mol. The predicted octanol–water partition coefficient (Wildman–Crippen LogP) is 2.75. The molecule has 0 spiro atoms. The van der Waals surface area contributed by atoms with Crippen molar-refractivity contribution < 1.29 is 0 Å². The smallest absolute Gasteiger partial charge is 0.130 e. The molecule has 15 heavy (non-hydrogen) atoms. The van der Waals surface area contributed by atoms with Crippen molar-refractivity contribution in [3.05, 3.63) is 18.2 Å². The minimum atomic E-state index is 0.926. The summed E-state index contributed by atoms with van der Waals surface area (Å²) in [5, 5.41) is 3.05. The highest BCUT2D eigenvalue weighted by molar-refractivity contribution is 5.46. The number of aromatic nitrogens is 1. The molecule has 1 rings (SSSR count). The first-order chi connectivity index (χ1) is 7.27. The van der Waals surface area contributed by atoms with Gasteiger partial charge in [-0.25, -0.2) is 4.98 Å². The maximum absolute atomic E-state index is 4.48. The second-order valence-corrected chi connectivity index (χ2v) is 3.76. The Hall–Kier alpha value is -1.25. The summed E-state index contributed by atoms with van der Waals surface area (Å²) in [4.78, 5) is 6.69. The van der Waals surface area contributed by atoms with Gasteiger partial charge in [0.25, 0.3) is 0 Å². The van der Waals surface area contributed by atoms with Crippen molar-refractivity contribution in [1.29, 1.82) is 0 Å². The molecule has 0 atom stereocenters. The van der Waals surface area contributed by atoms with Crippen molar-refractivity contribution in [2.45, 2.75) is 26.2 Å². The van der Waals surface area contributed by atoms with E-state index in [0.717, 1.165) is 18.2 Å². The molecule has 1 aromatic rings. The topological polar surface area (TPSA) is 28.2 Å². The monoisotopic (exact) mass is 207 g/mol. The molecule has 1 heterocycles. The van der Waals surface area contributed by atoms with Gasteiger partial charge in [0.15, 0.2) is 0 Å². The first-order valence-electron chi connectivity index (χ1n) is 5.64. The number of hydrogen-bond acceptors (Lipinski definition) is 3. The maximum Gasteiger partial charge on any atom is 0.130 e. The van der Waals surface area contributed by atoms with Crippen LogP contribution in [0.25, 0.3) is 0 Å². The molecule has 1 N–H and O–H groups in total. The van der Waals surface area contributed by atoms with Crippen LogP contribution in [0.15, 0.2) is 18.2 Å². The number of unbranched alkanes of at least 4 members (excludes halogenated alkanes) is 2. The number of hydrogen-bond donors (Lipinski definition) is 1. The van der Waals surface area contributed by atoms with Crippen molar-refractivity contribution in [3.8, 4) is 0 Å². The molecule has 0 aromatic carbocycles. The summed E-state index contributed by atoms with van der Waals surface area (Å²) in [7, 11) is 3.99. The van der Waals surface area contributed by atoms with Crippen LogP contribution < -0.4 is 10.2 Å². The van der Waals surface area contributed by atoms with Crippen LogP contribution in [0.1, 0.15) is 26.2 Å². The molecular formula is C12H21N3. The number of pyridine rings is 1. The molecule has 1 aromatic heterocycles. The van der Waals surface area contributed by atoms with Gasteiger partial charge in [-0.2, -0.15) is 0 Å². The van der Waals surface area contributed by atoms with Crippen molar-refractivity contribution in [2.75, 3.05) is 30.9 Å². The Bertz CT molecular complexity index is 286. The van der Waals surface area contributed by atoms with Crippen LogP contribution in [-0.4, -0.2) is 25.6 Å². The average Bonchev–Trinajstić information content (AvgIpc) is 2.29. The third-order valence-corrected chi connectivity index (χ3v) is 2.48. The van der Waals surface area contributed by atoms with E-state index in [4.69, 9.17) is 0 Å². The van der Waals surface area contributed by atoms with E-state index < -0.39 is 0 Å². The van der Waals surface area contributed by atoms with E-state index >= 15 is 0 Å². The second kappa shape index (κ2) is 6.27. The normalized spacial score (nSPS) is 10.1. The van der Waals surface area contributed by atoms with Gasteiger partial charge in [0.05, 0.1) is 0 Å². The zero-order valence-electron chi connectivity index (χ0n) is 9.95. The summed E-state index contributed by atoms with van der Waals surface area (Å²) < 4.78 is 0. The van der Waals surface area contributed by atoms with Crippen molar-refractivity contribution in [1.82, 2.24) is 4.98 Å². The van der Waals surface area contributed by atoms with Gasteiger partial charge >= 0.3 is 0 Å². The molecular weight excluding hydrogens is 186 g/mol. The van der Waals surface area contributed by atoms with E-state index in [9.17, 15) is 0 Å². The molecule has 0 aliphatic rings. The molecule has 3 nitrogen and oxygen atoms in total. The number of anilines is 2. The van der Waals surface area contributed by atoms with Gasteiger partial charge in [-0.1, -0.05) is 25.8 Å². The lowest BCUT2D eigenvalue weighted by molar-refractivity contribution is 0.701. The molecule has 0 bridgehead atoms. The fraction of sp³-hybridized carbons (Fsp3) is 0.583. The Morgan fingerprint density at radius 3 is 2.80 bits per heavy atom. The van der Waals surface area contributed by atoms with Crippen LogP contribution in [0.4, 0.5) is 11.6 Å². The summed E-state index contributed by atoms with van der Waals surface area (Å²) >= 11 is 0. The zero-order chi connectivity index (χ0) is 11.1. The lowest BCUT2D eigenvalue weighted by Crippen LogP contribution is -2.19. The Morgan fingerprint density at radius 2 is 2.13 bits per heavy atom. The van der Waals surface area contributed by atoms with Crippen LogP contribution in [0, 0.1) is 0 Å². The first-order valence-corrected chi connectivity index (χ1v) is 5.64. The van der Waals surface area contributed by atoms with Gasteiger partial charge in [0.1, 0.15) is 11.6 Å². The van der Waals surface area contributed by atoms with Crippen molar-refractivity contribution >= 4 is 11.6 Å². The van der Waals surface area contributed by atoms with Crippen LogP contribution >= 0.6 is 0 Å². The molecule has 0 aliphatic carbocycles. The lowest BCUT2D eigenvalue weighted by atomic mass is 10.2. The van der Waals surface area contributed by atoms with Crippen molar-refractivity contribution in [2.24, 2.45) is 0 Å². The number of nitrogens with zero attached hydrogens (tertiary/aromatic N) is 2. The van der Waals surface area contributed by atoms with Gasteiger partial charge < -0.3 is 10.2 Å². The van der Waals surface area contributed by atoms with Gasteiger partial charge in [0.2, 0.25) is 0 Å². The molecule has 84 valence electrons. The summed E-state index contributed by atoms with van der Waals surface area (Å²) in [6, 6.07) is 6.06. The van der Waals surface area contributed by atoms with Gasteiger partial charge in [0, 0.05) is 20.6 Å². The highest BCUT2D eigenvalue weighted by atomic mass is 15.2. The zero-order valence-corrected chi connectivity index (χ0v) is 9.95. The van der Waals surface area contributed by atoms with Crippen LogP contribution in [0.3, 0.4) is 0 Å². The van der Waals surface area contributed by atoms with Crippen LogP contribution in [0.2, 0.25) is 0 Å². The Morgan fingerprint density at radius 1 is 1.33 bits per heavy atom. The van der Waals surface area contributed by atoms with Crippen LogP contribution in [-0.2, 0) is 0 Å². The predicted molar refractivity (Wildman–Crippen MR) is 66.6 cm³/mol. The third kappa shape index (κ3) is 3.78. The van der Waals surface area contributed by atoms with E-state index in [0.29, 0.717) is 0 Å². The van der Waals surface area contributed by atoms with Crippen LogP contribution in [0.5, 0.6) is 0 Å². The highest BCUT2D eigenvalue weighted by Crippen LogP contribution is 2.13. The maximum atomic E-state index is 4.48. The Kier molecular flexibility index (Phi) is 4.95. The quantitative estimate of drug-likeness (QED) is 0.727. The first kappa shape index (κ1) is 11.8. The summed E-state index contributed by atoms with van der Waals surface area (Å²) in [6.45, 7) is 3.30. The van der Waals surface area contributed by atoms with E-state index in [1.807, 2.05) is 25.2 Å². The summed E-state index contributed by atoms with van der Waals surface area (Å²) in [5.41, 5.74) is 0. The Labute approximate surface area is 92.5 Å². The van der Waals surface area contributed by atoms with Gasteiger partial charge in [-0.05, 0) is 18.6 Å². The largest absolute Gasteiger partial charge is 0.373 e. The fourth-order valence-corrected chi connectivity index (χ4v) is 1.49. The Balaban J connectivity index is 2.52. The van der Waals surface area contributed by atoms with Gasteiger partial charge in [-0.3, -0.25) is 0 Å². The summed E-state index contributed by atoms with van der Waals surface area (Å²) in [6.07, 6.45) is 3.78. The highest BCUT2D eigenvalue weighted by Gasteiger charge is 2.01. The fourth-order valence-electron chi connectivity index (χ4n) is 1.49.